The van der Waals surface area contributed by atoms with E-state index < -0.39 is 17.2 Å². The number of H-pyrrole nitrogens is 1. The third kappa shape index (κ3) is 4.36. The fourth-order valence-electron chi connectivity index (χ4n) is 3.10. The Morgan fingerprint density at radius 3 is 2.81 bits per heavy atom. The van der Waals surface area contributed by atoms with Crippen molar-refractivity contribution in [2.45, 2.75) is 45.6 Å². The van der Waals surface area contributed by atoms with E-state index in [-0.39, 0.29) is 25.5 Å². The number of carbonyl (C=O) groups excluding carboxylic acids is 2. The molecule has 27 heavy (non-hydrogen) atoms. The first-order chi connectivity index (χ1) is 13.0. The van der Waals surface area contributed by atoms with Crippen molar-refractivity contribution in [1.82, 2.24) is 9.55 Å². The fraction of sp³-hybridized carbons (Fsp3) is 0.444. The second-order valence-corrected chi connectivity index (χ2v) is 7.34. The number of hydrogen-bond acceptors (Lipinski definition) is 6. The van der Waals surface area contributed by atoms with Crippen LogP contribution in [0.5, 0.6) is 0 Å². The molecule has 8 nitrogen and oxygen atoms in total. The summed E-state index contributed by atoms with van der Waals surface area (Å²) in [7, 11) is 0. The predicted octanol–water partition coefficient (Wildman–Crippen LogP) is 1.68. The SMILES string of the molecule is CCOC(=O)c1c(NC(=O)CCn2ccc(=O)[nH]c2=O)sc2c1CCCC2. The number of esters is 1. The lowest BCUT2D eigenvalue weighted by Crippen LogP contribution is -2.29. The molecule has 0 saturated carbocycles. The van der Waals surface area contributed by atoms with Gasteiger partial charge in [-0.25, -0.2) is 9.59 Å². The van der Waals surface area contributed by atoms with E-state index in [2.05, 4.69) is 10.3 Å². The number of amides is 1. The molecule has 144 valence electrons. The Morgan fingerprint density at radius 2 is 2.07 bits per heavy atom. The quantitative estimate of drug-likeness (QED) is 0.728. The van der Waals surface area contributed by atoms with Crippen molar-refractivity contribution in [1.29, 1.82) is 0 Å². The molecule has 1 amide bonds. The molecule has 3 rings (SSSR count). The minimum Gasteiger partial charge on any atom is -0.462 e. The summed E-state index contributed by atoms with van der Waals surface area (Å²) < 4.78 is 6.42. The number of anilines is 1. The summed E-state index contributed by atoms with van der Waals surface area (Å²) in [6.07, 6.45) is 5.17. The number of hydrogen-bond donors (Lipinski definition) is 2. The second kappa shape index (κ2) is 8.34. The molecule has 1 aliphatic carbocycles. The van der Waals surface area contributed by atoms with Gasteiger partial charge in [0.2, 0.25) is 5.91 Å². The maximum Gasteiger partial charge on any atom is 0.341 e. The summed E-state index contributed by atoms with van der Waals surface area (Å²) in [5, 5.41) is 3.31. The number of rotatable bonds is 6. The van der Waals surface area contributed by atoms with Crippen LogP contribution in [0.15, 0.2) is 21.9 Å². The molecule has 1 aliphatic rings. The number of ether oxygens (including phenoxy) is 1. The zero-order valence-electron chi connectivity index (χ0n) is 15.0. The smallest absolute Gasteiger partial charge is 0.341 e. The summed E-state index contributed by atoms with van der Waals surface area (Å²) in [5.41, 5.74) is 0.404. The molecule has 2 aromatic rings. The van der Waals surface area contributed by atoms with Gasteiger partial charge in [0, 0.05) is 30.1 Å². The standard InChI is InChI=1S/C18H21N3O5S/c1-2-26-17(24)15-11-5-3-4-6-12(11)27-16(15)19-13(22)7-9-21-10-8-14(23)20-18(21)25/h8,10H,2-7,9H2,1H3,(H,19,22)(H,20,23,25). The highest BCUT2D eigenvalue weighted by Gasteiger charge is 2.27. The van der Waals surface area contributed by atoms with Gasteiger partial charge in [-0.1, -0.05) is 0 Å². The minimum absolute atomic E-state index is 0.0385. The summed E-state index contributed by atoms with van der Waals surface area (Å²) in [5.74, 6) is -0.721. The number of thiophene rings is 1. The van der Waals surface area contributed by atoms with Crippen LogP contribution < -0.4 is 16.6 Å². The van der Waals surface area contributed by atoms with Crippen LogP contribution in [0.25, 0.3) is 0 Å². The van der Waals surface area contributed by atoms with E-state index in [9.17, 15) is 19.2 Å². The molecule has 0 fully saturated rings. The van der Waals surface area contributed by atoms with Crippen LogP contribution in [-0.4, -0.2) is 28.0 Å². The van der Waals surface area contributed by atoms with Gasteiger partial charge in [0.15, 0.2) is 0 Å². The number of aryl methyl sites for hydroxylation is 2. The molecule has 2 aromatic heterocycles. The molecule has 0 aliphatic heterocycles. The molecule has 0 bridgehead atoms. The van der Waals surface area contributed by atoms with Crippen molar-refractivity contribution in [2.75, 3.05) is 11.9 Å². The number of fused-ring (bicyclic) bond motifs is 1. The van der Waals surface area contributed by atoms with Crippen LogP contribution in [0.1, 0.15) is 47.0 Å². The highest BCUT2D eigenvalue weighted by molar-refractivity contribution is 7.17. The van der Waals surface area contributed by atoms with Crippen LogP contribution in [0.3, 0.4) is 0 Å². The van der Waals surface area contributed by atoms with E-state index >= 15 is 0 Å². The van der Waals surface area contributed by atoms with Gasteiger partial charge in [0.05, 0.1) is 12.2 Å². The van der Waals surface area contributed by atoms with Crippen molar-refractivity contribution >= 4 is 28.2 Å². The molecule has 2 N–H and O–H groups in total. The molecule has 9 heteroatoms. The number of aromatic nitrogens is 2. The Hall–Kier alpha value is -2.68. The van der Waals surface area contributed by atoms with Gasteiger partial charge in [-0.2, -0.15) is 0 Å². The van der Waals surface area contributed by atoms with Gasteiger partial charge in [0.25, 0.3) is 5.56 Å². The van der Waals surface area contributed by atoms with Crippen molar-refractivity contribution < 1.29 is 14.3 Å². The zero-order chi connectivity index (χ0) is 19.4. The summed E-state index contributed by atoms with van der Waals surface area (Å²) in [6, 6.07) is 1.23. The summed E-state index contributed by atoms with van der Waals surface area (Å²) >= 11 is 1.42. The Bertz CT molecular complexity index is 972. The first-order valence-corrected chi connectivity index (χ1v) is 9.72. The van der Waals surface area contributed by atoms with Gasteiger partial charge < -0.3 is 14.6 Å². The molecule has 0 spiro atoms. The van der Waals surface area contributed by atoms with Gasteiger partial charge in [-0.15, -0.1) is 11.3 Å². The Morgan fingerprint density at radius 1 is 1.30 bits per heavy atom. The Labute approximate surface area is 159 Å². The van der Waals surface area contributed by atoms with Gasteiger partial charge in [-0.05, 0) is 38.2 Å². The highest BCUT2D eigenvalue weighted by atomic mass is 32.1. The number of nitrogens with one attached hydrogen (secondary N) is 2. The average molecular weight is 391 g/mol. The van der Waals surface area contributed by atoms with Crippen LogP contribution in [0.2, 0.25) is 0 Å². The predicted molar refractivity (Wildman–Crippen MR) is 101 cm³/mol. The fourth-order valence-corrected chi connectivity index (χ4v) is 4.40. The lowest BCUT2D eigenvalue weighted by atomic mass is 9.95. The molecule has 0 saturated heterocycles. The van der Waals surface area contributed by atoms with Crippen LogP contribution in [-0.2, 0) is 28.9 Å². The Kier molecular flexibility index (Phi) is 5.90. The number of aromatic amines is 1. The van der Waals surface area contributed by atoms with Crippen LogP contribution in [0.4, 0.5) is 5.00 Å². The zero-order valence-corrected chi connectivity index (χ0v) is 15.8. The first-order valence-electron chi connectivity index (χ1n) is 8.91. The van der Waals surface area contributed by atoms with Gasteiger partial charge in [0.1, 0.15) is 5.00 Å². The molecule has 0 unspecified atom stereocenters. The second-order valence-electron chi connectivity index (χ2n) is 6.24. The lowest BCUT2D eigenvalue weighted by Gasteiger charge is -2.12. The number of nitrogens with zero attached hydrogens (tertiary/aromatic N) is 1. The molecule has 0 radical (unpaired) electrons. The van der Waals surface area contributed by atoms with Crippen molar-refractivity contribution in [3.05, 3.63) is 49.1 Å². The van der Waals surface area contributed by atoms with E-state index in [1.165, 1.54) is 28.2 Å². The van der Waals surface area contributed by atoms with Gasteiger partial charge in [-0.3, -0.25) is 14.6 Å². The third-order valence-electron chi connectivity index (χ3n) is 4.38. The topological polar surface area (TPSA) is 110 Å². The maximum absolute atomic E-state index is 12.4. The highest BCUT2D eigenvalue weighted by Crippen LogP contribution is 2.38. The third-order valence-corrected chi connectivity index (χ3v) is 5.59. The monoisotopic (exact) mass is 391 g/mol. The minimum atomic E-state index is -0.561. The van der Waals surface area contributed by atoms with Crippen molar-refractivity contribution in [3.63, 3.8) is 0 Å². The van der Waals surface area contributed by atoms with E-state index in [0.29, 0.717) is 10.6 Å². The average Bonchev–Trinajstić information content (AvgIpc) is 2.99. The normalized spacial score (nSPS) is 13.1. The van der Waals surface area contributed by atoms with E-state index in [1.807, 2.05) is 0 Å². The maximum atomic E-state index is 12.4. The van der Waals surface area contributed by atoms with Gasteiger partial charge >= 0.3 is 11.7 Å². The lowest BCUT2D eigenvalue weighted by molar-refractivity contribution is -0.116. The molecule has 0 atom stereocenters. The van der Waals surface area contributed by atoms with E-state index in [1.54, 1.807) is 6.92 Å². The molecular weight excluding hydrogens is 370 g/mol. The first kappa shape index (κ1) is 19.1. The molecule has 2 heterocycles. The van der Waals surface area contributed by atoms with Crippen molar-refractivity contribution in [3.8, 4) is 0 Å². The number of carbonyl (C=O) groups is 2. The van der Waals surface area contributed by atoms with E-state index in [4.69, 9.17) is 4.74 Å². The van der Waals surface area contributed by atoms with Crippen LogP contribution >= 0.6 is 11.3 Å². The Balaban J connectivity index is 1.75. The summed E-state index contributed by atoms with van der Waals surface area (Å²) in [6.45, 7) is 2.14. The molecule has 0 aromatic carbocycles. The van der Waals surface area contributed by atoms with E-state index in [0.717, 1.165) is 36.1 Å². The molecular formula is C18H21N3O5S. The van der Waals surface area contributed by atoms with Crippen molar-refractivity contribution in [2.24, 2.45) is 0 Å². The summed E-state index contributed by atoms with van der Waals surface area (Å²) in [4.78, 5) is 50.8. The van der Waals surface area contributed by atoms with Crippen LogP contribution in [0, 0.1) is 0 Å². The largest absolute Gasteiger partial charge is 0.462 e.